The van der Waals surface area contributed by atoms with Crippen molar-refractivity contribution in [3.63, 3.8) is 0 Å². The lowest BCUT2D eigenvalue weighted by molar-refractivity contribution is -0.147. The van der Waals surface area contributed by atoms with E-state index in [0.717, 1.165) is 0 Å². The number of carboxylic acids is 1. The van der Waals surface area contributed by atoms with Gasteiger partial charge in [-0.1, -0.05) is 0 Å². The minimum atomic E-state index is -1.28. The number of hydrogen-bond donors (Lipinski definition) is 1. The molecule has 0 aromatic rings. The first-order chi connectivity index (χ1) is 9.71. The van der Waals surface area contributed by atoms with E-state index in [1.807, 2.05) is 0 Å². The minimum Gasteiger partial charge on any atom is -0.480 e. The van der Waals surface area contributed by atoms with Crippen LogP contribution in [0.4, 0.5) is 9.59 Å². The van der Waals surface area contributed by atoms with Crippen molar-refractivity contribution in [2.75, 3.05) is 39.8 Å². The molecule has 8 heteroatoms. The molecule has 1 saturated heterocycles. The molecule has 1 aliphatic heterocycles. The SMILES string of the molecule is CCOC(=O)N1CCN(C(=O)N(C)C(C)(C)C(=O)O)CC1. The van der Waals surface area contributed by atoms with E-state index < -0.39 is 11.5 Å². The molecule has 1 heterocycles. The molecule has 120 valence electrons. The van der Waals surface area contributed by atoms with Crippen LogP contribution in [0.5, 0.6) is 0 Å². The molecular weight excluding hydrogens is 278 g/mol. The Kier molecular flexibility index (Phi) is 5.40. The number of carbonyl (C=O) groups excluding carboxylic acids is 2. The number of nitrogens with zero attached hydrogens (tertiary/aromatic N) is 3. The largest absolute Gasteiger partial charge is 0.480 e. The highest BCUT2D eigenvalue weighted by molar-refractivity contribution is 5.85. The second kappa shape index (κ2) is 6.64. The van der Waals surface area contributed by atoms with Gasteiger partial charge in [0, 0.05) is 33.2 Å². The number of ether oxygens (including phenoxy) is 1. The van der Waals surface area contributed by atoms with Gasteiger partial charge in [0.05, 0.1) is 6.61 Å². The number of carboxylic acid groups (broad SMARTS) is 1. The maximum Gasteiger partial charge on any atom is 0.409 e. The molecule has 0 spiro atoms. The third-order valence-electron chi connectivity index (χ3n) is 3.73. The molecule has 1 rings (SSSR count). The fourth-order valence-corrected chi connectivity index (χ4v) is 1.89. The van der Waals surface area contributed by atoms with E-state index >= 15 is 0 Å². The predicted molar refractivity (Wildman–Crippen MR) is 75.0 cm³/mol. The Balaban J connectivity index is 2.60. The zero-order chi connectivity index (χ0) is 16.2. The molecule has 1 N–H and O–H groups in total. The van der Waals surface area contributed by atoms with Crippen LogP contribution in [0.25, 0.3) is 0 Å². The Morgan fingerprint density at radius 1 is 1.14 bits per heavy atom. The third-order valence-corrected chi connectivity index (χ3v) is 3.73. The van der Waals surface area contributed by atoms with Gasteiger partial charge in [-0.25, -0.2) is 14.4 Å². The summed E-state index contributed by atoms with van der Waals surface area (Å²) < 4.78 is 4.91. The number of aliphatic carboxylic acids is 1. The number of likely N-dealkylation sites (N-methyl/N-ethyl adjacent to an activating group) is 1. The summed E-state index contributed by atoms with van der Waals surface area (Å²) in [5.41, 5.74) is -1.28. The molecule has 0 unspecified atom stereocenters. The first kappa shape index (κ1) is 17.1. The average molecular weight is 301 g/mol. The van der Waals surface area contributed by atoms with Crippen LogP contribution in [0.15, 0.2) is 0 Å². The quantitative estimate of drug-likeness (QED) is 0.827. The van der Waals surface area contributed by atoms with Crippen LogP contribution in [-0.4, -0.2) is 83.3 Å². The summed E-state index contributed by atoms with van der Waals surface area (Å²) in [6, 6.07) is -0.356. The number of carbonyl (C=O) groups is 3. The van der Waals surface area contributed by atoms with Crippen LogP contribution in [0.2, 0.25) is 0 Å². The molecule has 0 saturated carbocycles. The number of rotatable bonds is 3. The normalized spacial score (nSPS) is 15.6. The number of urea groups is 1. The summed E-state index contributed by atoms with van der Waals surface area (Å²) >= 11 is 0. The number of piperazine rings is 1. The topological polar surface area (TPSA) is 90.4 Å². The molecule has 1 fully saturated rings. The van der Waals surface area contributed by atoms with Gasteiger partial charge in [0.1, 0.15) is 5.54 Å². The average Bonchev–Trinajstić information content (AvgIpc) is 2.45. The molecule has 0 atom stereocenters. The van der Waals surface area contributed by atoms with Gasteiger partial charge in [-0.05, 0) is 20.8 Å². The van der Waals surface area contributed by atoms with Gasteiger partial charge in [0.15, 0.2) is 0 Å². The molecule has 0 bridgehead atoms. The van der Waals surface area contributed by atoms with E-state index in [-0.39, 0.29) is 12.1 Å². The zero-order valence-corrected chi connectivity index (χ0v) is 13.0. The molecule has 0 radical (unpaired) electrons. The molecule has 8 nitrogen and oxygen atoms in total. The molecule has 0 aromatic heterocycles. The van der Waals surface area contributed by atoms with Crippen LogP contribution < -0.4 is 0 Å². The monoisotopic (exact) mass is 301 g/mol. The first-order valence-corrected chi connectivity index (χ1v) is 6.89. The van der Waals surface area contributed by atoms with Crippen LogP contribution in [0, 0.1) is 0 Å². The van der Waals surface area contributed by atoms with Crippen LogP contribution in [0.1, 0.15) is 20.8 Å². The van der Waals surface area contributed by atoms with Crippen LogP contribution in [-0.2, 0) is 9.53 Å². The summed E-state index contributed by atoms with van der Waals surface area (Å²) in [7, 11) is 1.47. The summed E-state index contributed by atoms with van der Waals surface area (Å²) in [6.07, 6.45) is -0.385. The number of hydrogen-bond acceptors (Lipinski definition) is 4. The van der Waals surface area contributed by atoms with Crippen LogP contribution >= 0.6 is 0 Å². The second-order valence-electron chi connectivity index (χ2n) is 5.38. The molecule has 1 aliphatic rings. The number of amides is 3. The van der Waals surface area contributed by atoms with Gasteiger partial charge in [-0.2, -0.15) is 0 Å². The lowest BCUT2D eigenvalue weighted by Gasteiger charge is -2.39. The van der Waals surface area contributed by atoms with E-state index in [1.54, 1.807) is 11.8 Å². The van der Waals surface area contributed by atoms with Gasteiger partial charge in [0.2, 0.25) is 0 Å². The Bertz CT molecular complexity index is 416. The highest BCUT2D eigenvalue weighted by atomic mass is 16.6. The Hall–Kier alpha value is -1.99. The minimum absolute atomic E-state index is 0.313. The smallest absolute Gasteiger partial charge is 0.409 e. The van der Waals surface area contributed by atoms with E-state index in [0.29, 0.717) is 32.8 Å². The lowest BCUT2D eigenvalue weighted by atomic mass is 10.0. The van der Waals surface area contributed by atoms with Crippen molar-refractivity contribution >= 4 is 18.1 Å². The molecule has 21 heavy (non-hydrogen) atoms. The van der Waals surface area contributed by atoms with Crippen molar-refractivity contribution in [3.05, 3.63) is 0 Å². The highest BCUT2D eigenvalue weighted by Crippen LogP contribution is 2.16. The van der Waals surface area contributed by atoms with E-state index in [4.69, 9.17) is 9.84 Å². The molecule has 0 aromatic carbocycles. The van der Waals surface area contributed by atoms with Crippen molar-refractivity contribution in [3.8, 4) is 0 Å². The molecule has 0 aliphatic carbocycles. The molecular formula is C13H23N3O5. The van der Waals surface area contributed by atoms with E-state index in [1.165, 1.54) is 30.7 Å². The molecule has 3 amide bonds. The van der Waals surface area contributed by atoms with Crippen molar-refractivity contribution in [1.82, 2.24) is 14.7 Å². The third kappa shape index (κ3) is 3.77. The van der Waals surface area contributed by atoms with Crippen molar-refractivity contribution < 1.29 is 24.2 Å². The van der Waals surface area contributed by atoms with Gasteiger partial charge in [-0.15, -0.1) is 0 Å². The van der Waals surface area contributed by atoms with Gasteiger partial charge in [-0.3, -0.25) is 0 Å². The van der Waals surface area contributed by atoms with Crippen molar-refractivity contribution in [2.45, 2.75) is 26.3 Å². The predicted octanol–water partition coefficient (Wildman–Crippen LogP) is 0.676. The summed E-state index contributed by atoms with van der Waals surface area (Å²) in [4.78, 5) is 39.3. The summed E-state index contributed by atoms with van der Waals surface area (Å²) in [6.45, 7) is 6.48. The standard InChI is InChI=1S/C13H23N3O5/c1-5-21-12(20)16-8-6-15(7-9-16)11(19)14(4)13(2,3)10(17)18/h5-9H2,1-4H3,(H,17,18). The lowest BCUT2D eigenvalue weighted by Crippen LogP contribution is -2.59. The summed E-state index contributed by atoms with van der Waals surface area (Å²) in [5.74, 6) is -1.07. The maximum atomic E-state index is 12.3. The van der Waals surface area contributed by atoms with Crippen molar-refractivity contribution in [1.29, 1.82) is 0 Å². The van der Waals surface area contributed by atoms with Gasteiger partial charge < -0.3 is 24.5 Å². The highest BCUT2D eigenvalue weighted by Gasteiger charge is 2.38. The second-order valence-corrected chi connectivity index (χ2v) is 5.38. The Labute approximate surface area is 124 Å². The fraction of sp³-hybridized carbons (Fsp3) is 0.769. The summed E-state index contributed by atoms with van der Waals surface area (Å²) in [5, 5.41) is 9.15. The van der Waals surface area contributed by atoms with E-state index in [9.17, 15) is 14.4 Å². The maximum absolute atomic E-state index is 12.3. The van der Waals surface area contributed by atoms with E-state index in [2.05, 4.69) is 0 Å². The Morgan fingerprint density at radius 3 is 2.05 bits per heavy atom. The van der Waals surface area contributed by atoms with Crippen LogP contribution in [0.3, 0.4) is 0 Å². The van der Waals surface area contributed by atoms with Gasteiger partial charge >= 0.3 is 18.1 Å². The van der Waals surface area contributed by atoms with Crippen molar-refractivity contribution in [2.24, 2.45) is 0 Å². The zero-order valence-electron chi connectivity index (χ0n) is 13.0. The van der Waals surface area contributed by atoms with Gasteiger partial charge in [0.25, 0.3) is 0 Å². The first-order valence-electron chi connectivity index (χ1n) is 6.89. The fourth-order valence-electron chi connectivity index (χ4n) is 1.89. The Morgan fingerprint density at radius 2 is 1.62 bits per heavy atom.